The van der Waals surface area contributed by atoms with Gasteiger partial charge in [0.25, 0.3) is 11.1 Å². The van der Waals surface area contributed by atoms with Crippen LogP contribution in [0.1, 0.15) is 25.0 Å². The number of aromatic nitrogens is 6. The van der Waals surface area contributed by atoms with Crippen LogP contribution in [0.25, 0.3) is 21.8 Å². The summed E-state index contributed by atoms with van der Waals surface area (Å²) < 4.78 is 35.5. The summed E-state index contributed by atoms with van der Waals surface area (Å²) in [6.07, 6.45) is 2.62. The molecule has 266 valence electrons. The summed E-state index contributed by atoms with van der Waals surface area (Å²) in [6, 6.07) is 19.2. The minimum absolute atomic E-state index is 0.188. The quantitative estimate of drug-likeness (QED) is 0.143. The second-order valence-electron chi connectivity index (χ2n) is 11.4. The third kappa shape index (κ3) is 9.29. The molecule has 0 saturated carbocycles. The van der Waals surface area contributed by atoms with Crippen LogP contribution < -0.4 is 35.5 Å². The van der Waals surface area contributed by atoms with Gasteiger partial charge in [-0.2, -0.15) is 15.0 Å². The molecule has 0 aliphatic rings. The number of hydrogen-bond donors (Lipinski definition) is 4. The molecule has 4 heterocycles. The number of pyridine rings is 2. The van der Waals surface area contributed by atoms with Crippen LogP contribution >= 0.6 is 11.6 Å². The molecule has 0 unspecified atom stereocenters. The number of aromatic amines is 2. The second-order valence-corrected chi connectivity index (χ2v) is 13.7. The lowest BCUT2D eigenvalue weighted by Crippen LogP contribution is -2.36. The molecule has 0 aliphatic carbocycles. The predicted molar refractivity (Wildman–Crippen MR) is 198 cm³/mol. The number of sulfonamides is 1. The zero-order chi connectivity index (χ0) is 36.7. The van der Waals surface area contributed by atoms with Gasteiger partial charge in [0, 0.05) is 64.0 Å². The molecule has 0 amide bonds. The van der Waals surface area contributed by atoms with Crippen LogP contribution in [0.2, 0.25) is 5.02 Å². The third-order valence-electron chi connectivity index (χ3n) is 7.38. The minimum Gasteiger partial charge on any atom is -0.481 e. The van der Waals surface area contributed by atoms with Gasteiger partial charge in [-0.1, -0.05) is 29.8 Å². The van der Waals surface area contributed by atoms with Gasteiger partial charge in [-0.15, -0.1) is 0 Å². The molecular formula is C34H36ClN9O6S. The molecule has 0 aliphatic heterocycles. The number of nitrogens with zero attached hydrogens (tertiary/aromatic N) is 5. The van der Waals surface area contributed by atoms with Crippen molar-refractivity contribution in [3.8, 4) is 11.8 Å². The maximum Gasteiger partial charge on any atom is 0.253 e. The van der Waals surface area contributed by atoms with E-state index < -0.39 is 10.0 Å². The predicted octanol–water partition coefficient (Wildman–Crippen LogP) is 4.71. The monoisotopic (exact) mass is 733 g/mol. The first-order valence-corrected chi connectivity index (χ1v) is 17.8. The zero-order valence-electron chi connectivity index (χ0n) is 28.4. The van der Waals surface area contributed by atoms with Gasteiger partial charge in [-0.25, -0.2) is 13.4 Å². The van der Waals surface area contributed by atoms with E-state index in [4.69, 9.17) is 21.1 Å². The summed E-state index contributed by atoms with van der Waals surface area (Å²) in [4.78, 5) is 46.8. The van der Waals surface area contributed by atoms with Crippen molar-refractivity contribution in [2.75, 3.05) is 35.4 Å². The smallest absolute Gasteiger partial charge is 0.253 e. The first-order chi connectivity index (χ1) is 24.3. The highest BCUT2D eigenvalue weighted by atomic mass is 35.5. The number of benzene rings is 2. The Balaban J connectivity index is 0.000000199. The third-order valence-corrected chi connectivity index (χ3v) is 8.94. The number of para-hydroxylation sites is 1. The van der Waals surface area contributed by atoms with Crippen molar-refractivity contribution < 1.29 is 17.9 Å². The molecule has 0 saturated heterocycles. The maximum absolute atomic E-state index is 12.2. The SMILES string of the molecule is CC(C)N(c1ccnc(NCc2cc3ccccc3[nH]c2=O)n1)S(C)(=O)=O.COc1cc(OC)nc(NCc2cc3cc(Cl)ccc3[nH]c2=O)n1. The molecular weight excluding hydrogens is 698 g/mol. The van der Waals surface area contributed by atoms with Gasteiger partial charge in [0.15, 0.2) is 0 Å². The number of methoxy groups -OCH3 is 2. The molecule has 6 rings (SSSR count). The Bertz CT molecular complexity index is 2380. The fourth-order valence-corrected chi connectivity index (χ4v) is 6.48. The van der Waals surface area contributed by atoms with E-state index in [1.54, 1.807) is 44.2 Å². The van der Waals surface area contributed by atoms with E-state index in [1.807, 2.05) is 30.3 Å². The lowest BCUT2D eigenvalue weighted by Gasteiger charge is -2.25. The van der Waals surface area contributed by atoms with Crippen LogP contribution in [0, 0.1) is 0 Å². The van der Waals surface area contributed by atoms with E-state index in [2.05, 4.69) is 40.5 Å². The number of halogens is 1. The highest BCUT2D eigenvalue weighted by molar-refractivity contribution is 7.92. The Morgan fingerprint density at radius 3 is 1.98 bits per heavy atom. The number of hydrogen-bond acceptors (Lipinski definition) is 12. The molecule has 2 aromatic carbocycles. The summed E-state index contributed by atoms with van der Waals surface area (Å²) in [5.74, 6) is 1.55. The Hall–Kier alpha value is -5.74. The van der Waals surface area contributed by atoms with Gasteiger partial charge in [-0.3, -0.25) is 13.9 Å². The van der Waals surface area contributed by atoms with Gasteiger partial charge in [0.1, 0.15) is 5.82 Å². The standard InChI is InChI=1S/C18H21N5O3S.C16H15ClN4O3/c1-12(2)23(27(3,25)26)16-8-9-19-18(22-16)20-11-14-10-13-6-4-5-7-15(13)21-17(14)24;1-23-13-7-14(24-2)21-16(20-13)18-8-10-5-9-6-11(17)3-4-12(9)19-15(10)22/h4-10,12H,11H2,1-3H3,(H,21,24)(H,19,20,22);3-7H,8H2,1-2H3,(H,19,22)(H,18,20,21). The molecule has 15 nitrogen and oxygen atoms in total. The van der Waals surface area contributed by atoms with E-state index >= 15 is 0 Å². The first-order valence-electron chi connectivity index (χ1n) is 15.5. The molecule has 0 bridgehead atoms. The fraction of sp³-hybridized carbons (Fsp3) is 0.235. The number of ether oxygens (including phenoxy) is 2. The van der Waals surface area contributed by atoms with Crippen LogP contribution in [-0.2, 0) is 23.1 Å². The van der Waals surface area contributed by atoms with Crippen molar-refractivity contribution in [3.63, 3.8) is 0 Å². The second kappa shape index (κ2) is 15.9. The summed E-state index contributed by atoms with van der Waals surface area (Å²) in [5.41, 5.74) is 2.18. The summed E-state index contributed by atoms with van der Waals surface area (Å²) in [7, 11) is -0.465. The zero-order valence-corrected chi connectivity index (χ0v) is 30.0. The number of rotatable bonds is 11. The van der Waals surface area contributed by atoms with Gasteiger partial charge in [0.2, 0.25) is 33.7 Å². The van der Waals surface area contributed by atoms with Gasteiger partial charge in [-0.05, 0) is 55.6 Å². The van der Waals surface area contributed by atoms with Crippen molar-refractivity contribution >= 4 is 61.1 Å². The number of fused-ring (bicyclic) bond motifs is 2. The van der Waals surface area contributed by atoms with Gasteiger partial charge < -0.3 is 30.1 Å². The van der Waals surface area contributed by atoms with Crippen molar-refractivity contribution in [3.05, 3.63) is 110 Å². The van der Waals surface area contributed by atoms with E-state index in [1.165, 1.54) is 30.8 Å². The summed E-state index contributed by atoms with van der Waals surface area (Å²) in [6.45, 7) is 3.99. The maximum atomic E-state index is 12.2. The van der Waals surface area contributed by atoms with Gasteiger partial charge in [0.05, 0.1) is 26.5 Å². The highest BCUT2D eigenvalue weighted by Crippen LogP contribution is 2.21. The van der Waals surface area contributed by atoms with Crippen molar-refractivity contribution in [1.29, 1.82) is 0 Å². The molecule has 51 heavy (non-hydrogen) atoms. The largest absolute Gasteiger partial charge is 0.481 e. The highest BCUT2D eigenvalue weighted by Gasteiger charge is 2.22. The first kappa shape index (κ1) is 36.5. The van der Waals surface area contributed by atoms with Crippen molar-refractivity contribution in [2.24, 2.45) is 0 Å². The van der Waals surface area contributed by atoms with Crippen LogP contribution in [0.5, 0.6) is 11.8 Å². The van der Waals surface area contributed by atoms with E-state index in [0.29, 0.717) is 33.9 Å². The minimum atomic E-state index is -3.47. The fourth-order valence-electron chi connectivity index (χ4n) is 5.09. The van der Waals surface area contributed by atoms with Crippen LogP contribution in [0.3, 0.4) is 0 Å². The van der Waals surface area contributed by atoms with Crippen LogP contribution in [0.4, 0.5) is 17.7 Å². The molecule has 6 aromatic rings. The molecule has 4 N–H and O–H groups in total. The molecule has 0 radical (unpaired) electrons. The molecule has 0 fully saturated rings. The number of nitrogens with one attached hydrogen (secondary N) is 4. The Labute approximate surface area is 298 Å². The van der Waals surface area contributed by atoms with E-state index in [9.17, 15) is 18.0 Å². The van der Waals surface area contributed by atoms with E-state index in [0.717, 1.165) is 28.1 Å². The topological polar surface area (TPSA) is 197 Å². The van der Waals surface area contributed by atoms with Crippen LogP contribution in [-0.4, -0.2) is 64.8 Å². The van der Waals surface area contributed by atoms with Gasteiger partial charge >= 0.3 is 0 Å². The molecule has 17 heteroatoms. The lowest BCUT2D eigenvalue weighted by atomic mass is 10.1. The van der Waals surface area contributed by atoms with Crippen molar-refractivity contribution in [2.45, 2.75) is 33.0 Å². The Kier molecular flexibility index (Phi) is 11.4. The normalized spacial score (nSPS) is 11.2. The average Bonchev–Trinajstić information content (AvgIpc) is 3.09. The Morgan fingerprint density at radius 2 is 1.37 bits per heavy atom. The molecule has 4 aromatic heterocycles. The van der Waals surface area contributed by atoms with E-state index in [-0.39, 0.29) is 42.0 Å². The number of H-pyrrole nitrogens is 2. The molecule has 0 atom stereocenters. The average molecular weight is 734 g/mol. The summed E-state index contributed by atoms with van der Waals surface area (Å²) >= 11 is 6.00. The van der Waals surface area contributed by atoms with Crippen molar-refractivity contribution in [1.82, 2.24) is 29.9 Å². The molecule has 0 spiro atoms. The van der Waals surface area contributed by atoms with Crippen LogP contribution in [0.15, 0.2) is 82.5 Å². The lowest BCUT2D eigenvalue weighted by molar-refractivity contribution is 0.373. The Morgan fingerprint density at radius 1 is 0.784 bits per heavy atom. The number of anilines is 3. The summed E-state index contributed by atoms with van der Waals surface area (Å²) in [5, 5.41) is 8.36.